The minimum Gasteiger partial charge on any atom is -0.320 e. The molecule has 3 amide bonds. The molecule has 0 aliphatic carbocycles. The van der Waals surface area contributed by atoms with Gasteiger partial charge >= 0.3 is 6.03 Å². The van der Waals surface area contributed by atoms with Crippen molar-refractivity contribution in [2.45, 2.75) is 25.7 Å². The van der Waals surface area contributed by atoms with E-state index >= 15 is 0 Å². The normalized spacial score (nSPS) is 10.1. The Balaban J connectivity index is 1.55. The van der Waals surface area contributed by atoms with Gasteiger partial charge in [-0.25, -0.2) is 10.3 Å². The lowest BCUT2D eigenvalue weighted by molar-refractivity contribution is -0.383. The predicted octanol–water partition coefficient (Wildman–Crippen LogP) is 3.85. The highest BCUT2D eigenvalue weighted by molar-refractivity contribution is 5.93. The van der Waals surface area contributed by atoms with Crippen LogP contribution in [0.5, 0.6) is 0 Å². The number of unbranched alkanes of at least 4 members (excludes halogenated alkanes) is 2. The molecule has 0 saturated heterocycles. The van der Waals surface area contributed by atoms with E-state index in [1.807, 2.05) is 18.2 Å². The van der Waals surface area contributed by atoms with Crippen LogP contribution in [0.2, 0.25) is 0 Å². The maximum absolute atomic E-state index is 11.9. The first-order chi connectivity index (χ1) is 13.6. The molecule has 2 rings (SSSR count). The van der Waals surface area contributed by atoms with Crippen molar-refractivity contribution in [2.75, 3.05) is 17.2 Å². The standard InChI is InChI=1S/C19H22N4O5/c24-18(21-16-11-6-7-12-17(16)23(26)27)13-5-2-8-14-28-22-19(25)20-15-9-3-1-4-10-15/h1,3-4,6-7,9-12H,2,5,8,13-14H2,(H,21,24)(H2,20,22,25). The van der Waals surface area contributed by atoms with Crippen LogP contribution in [0.1, 0.15) is 25.7 Å². The van der Waals surface area contributed by atoms with Crippen LogP contribution < -0.4 is 16.1 Å². The molecule has 0 radical (unpaired) electrons. The fourth-order valence-electron chi connectivity index (χ4n) is 2.38. The molecule has 0 saturated carbocycles. The summed E-state index contributed by atoms with van der Waals surface area (Å²) in [4.78, 5) is 39.0. The van der Waals surface area contributed by atoms with Gasteiger partial charge in [0, 0.05) is 18.2 Å². The summed E-state index contributed by atoms with van der Waals surface area (Å²) in [7, 11) is 0. The number of nitro benzene ring substituents is 1. The summed E-state index contributed by atoms with van der Waals surface area (Å²) in [5, 5.41) is 16.1. The molecule has 2 aromatic carbocycles. The van der Waals surface area contributed by atoms with E-state index < -0.39 is 11.0 Å². The van der Waals surface area contributed by atoms with Crippen molar-refractivity contribution in [3.63, 3.8) is 0 Å². The average Bonchev–Trinajstić information content (AvgIpc) is 2.68. The highest BCUT2D eigenvalue weighted by atomic mass is 16.7. The molecule has 0 aliphatic heterocycles. The highest BCUT2D eigenvalue weighted by Crippen LogP contribution is 2.23. The van der Waals surface area contributed by atoms with E-state index in [0.29, 0.717) is 31.6 Å². The van der Waals surface area contributed by atoms with Gasteiger partial charge in [-0.2, -0.15) is 0 Å². The number of nitrogens with one attached hydrogen (secondary N) is 3. The molecule has 28 heavy (non-hydrogen) atoms. The zero-order chi connectivity index (χ0) is 20.2. The molecule has 148 valence electrons. The minimum absolute atomic E-state index is 0.135. The van der Waals surface area contributed by atoms with Gasteiger partial charge in [0.2, 0.25) is 5.91 Å². The minimum atomic E-state index is -0.534. The number of hydroxylamine groups is 1. The SMILES string of the molecule is O=C(CCCCCONC(=O)Nc1ccccc1)Nc1ccccc1[N+](=O)[O-]. The van der Waals surface area contributed by atoms with Crippen molar-refractivity contribution in [1.82, 2.24) is 5.48 Å². The number of carbonyl (C=O) groups is 2. The summed E-state index contributed by atoms with van der Waals surface area (Å²) < 4.78 is 0. The first-order valence-electron chi connectivity index (χ1n) is 8.83. The lowest BCUT2D eigenvalue weighted by atomic mass is 10.2. The summed E-state index contributed by atoms with van der Waals surface area (Å²) in [6.07, 6.45) is 2.22. The van der Waals surface area contributed by atoms with Crippen LogP contribution in [0.15, 0.2) is 54.6 Å². The molecule has 9 nitrogen and oxygen atoms in total. The Morgan fingerprint density at radius 3 is 2.39 bits per heavy atom. The van der Waals surface area contributed by atoms with Crippen LogP contribution >= 0.6 is 0 Å². The van der Waals surface area contributed by atoms with Crippen molar-refractivity contribution in [1.29, 1.82) is 0 Å². The molecule has 3 N–H and O–H groups in total. The average molecular weight is 386 g/mol. The Hall–Kier alpha value is -3.46. The predicted molar refractivity (Wildman–Crippen MR) is 105 cm³/mol. The Kier molecular flexibility index (Phi) is 8.41. The van der Waals surface area contributed by atoms with E-state index in [1.54, 1.807) is 24.3 Å². The summed E-state index contributed by atoms with van der Waals surface area (Å²) >= 11 is 0. The molecule has 0 aliphatic rings. The smallest absolute Gasteiger partial charge is 0.320 e. The first kappa shape index (κ1) is 20.8. The number of hydrogen-bond donors (Lipinski definition) is 3. The zero-order valence-corrected chi connectivity index (χ0v) is 15.2. The monoisotopic (exact) mass is 386 g/mol. The summed E-state index contributed by atoms with van der Waals surface area (Å²) in [6.45, 7) is 0.313. The van der Waals surface area contributed by atoms with E-state index in [0.717, 1.165) is 0 Å². The number of nitro groups is 1. The Bertz CT molecular complexity index is 798. The zero-order valence-electron chi connectivity index (χ0n) is 15.2. The van der Waals surface area contributed by atoms with Crippen molar-refractivity contribution >= 4 is 29.0 Å². The van der Waals surface area contributed by atoms with E-state index in [4.69, 9.17) is 4.84 Å². The molecular formula is C19H22N4O5. The van der Waals surface area contributed by atoms with Crippen molar-refractivity contribution in [3.05, 3.63) is 64.7 Å². The Morgan fingerprint density at radius 1 is 0.929 bits per heavy atom. The van der Waals surface area contributed by atoms with Crippen molar-refractivity contribution in [2.24, 2.45) is 0 Å². The molecule has 9 heteroatoms. The van der Waals surface area contributed by atoms with Gasteiger partial charge in [-0.3, -0.25) is 19.7 Å². The fourth-order valence-corrected chi connectivity index (χ4v) is 2.38. The van der Waals surface area contributed by atoms with Gasteiger partial charge in [0.05, 0.1) is 11.5 Å². The molecule has 0 heterocycles. The summed E-state index contributed by atoms with van der Waals surface area (Å²) in [5.41, 5.74) is 3.00. The number of hydrogen-bond acceptors (Lipinski definition) is 5. The van der Waals surface area contributed by atoms with Crippen molar-refractivity contribution < 1.29 is 19.3 Å². The van der Waals surface area contributed by atoms with Gasteiger partial charge in [0.25, 0.3) is 5.69 Å². The van der Waals surface area contributed by atoms with Crippen molar-refractivity contribution in [3.8, 4) is 0 Å². The topological polar surface area (TPSA) is 123 Å². The number of benzene rings is 2. The maximum atomic E-state index is 11.9. The van der Waals surface area contributed by atoms with E-state index in [9.17, 15) is 19.7 Å². The van der Waals surface area contributed by atoms with Crippen LogP contribution in [0.3, 0.4) is 0 Å². The number of anilines is 2. The molecule has 2 aromatic rings. The van der Waals surface area contributed by atoms with E-state index in [1.165, 1.54) is 12.1 Å². The first-order valence-corrected chi connectivity index (χ1v) is 8.83. The van der Waals surface area contributed by atoms with E-state index in [-0.39, 0.29) is 23.7 Å². The lowest BCUT2D eigenvalue weighted by Crippen LogP contribution is -2.29. The Morgan fingerprint density at radius 2 is 1.64 bits per heavy atom. The van der Waals surface area contributed by atoms with Gasteiger partial charge < -0.3 is 10.6 Å². The fraction of sp³-hybridized carbons (Fsp3) is 0.263. The van der Waals surface area contributed by atoms with Crippen LogP contribution in [0.4, 0.5) is 21.9 Å². The van der Waals surface area contributed by atoms with Gasteiger partial charge in [0.15, 0.2) is 0 Å². The van der Waals surface area contributed by atoms with Crippen LogP contribution in [0, 0.1) is 10.1 Å². The van der Waals surface area contributed by atoms with Gasteiger partial charge in [-0.1, -0.05) is 36.8 Å². The molecule has 0 atom stereocenters. The summed E-state index contributed by atoms with van der Waals surface area (Å²) in [5.74, 6) is -0.282. The molecule has 0 unspecified atom stereocenters. The number of amides is 3. The van der Waals surface area contributed by atoms with Crippen LogP contribution in [-0.2, 0) is 9.63 Å². The number of urea groups is 1. The second kappa shape index (κ2) is 11.3. The second-order valence-corrected chi connectivity index (χ2v) is 5.90. The number of carbonyl (C=O) groups excluding carboxylic acids is 2. The third kappa shape index (κ3) is 7.42. The molecule has 0 spiro atoms. The quantitative estimate of drug-likeness (QED) is 0.325. The highest BCUT2D eigenvalue weighted by Gasteiger charge is 2.14. The summed E-state index contributed by atoms with van der Waals surface area (Å²) in [6, 6.07) is 14.5. The largest absolute Gasteiger partial charge is 0.343 e. The molecular weight excluding hydrogens is 364 g/mol. The molecule has 0 bridgehead atoms. The van der Waals surface area contributed by atoms with Gasteiger partial charge in [0.1, 0.15) is 5.69 Å². The molecule has 0 fully saturated rings. The number of para-hydroxylation sites is 3. The molecule has 0 aromatic heterocycles. The maximum Gasteiger partial charge on any atom is 0.343 e. The third-order valence-corrected chi connectivity index (χ3v) is 3.72. The lowest BCUT2D eigenvalue weighted by Gasteiger charge is -2.08. The Labute approximate surface area is 162 Å². The number of rotatable bonds is 10. The van der Waals surface area contributed by atoms with Crippen LogP contribution in [-0.4, -0.2) is 23.5 Å². The van der Waals surface area contributed by atoms with Gasteiger partial charge in [-0.15, -0.1) is 0 Å². The van der Waals surface area contributed by atoms with Crippen LogP contribution in [0.25, 0.3) is 0 Å². The third-order valence-electron chi connectivity index (χ3n) is 3.72. The van der Waals surface area contributed by atoms with E-state index in [2.05, 4.69) is 16.1 Å². The van der Waals surface area contributed by atoms with Gasteiger partial charge in [-0.05, 0) is 31.0 Å². The number of nitrogens with zero attached hydrogens (tertiary/aromatic N) is 1. The second-order valence-electron chi connectivity index (χ2n) is 5.90.